The zero-order valence-corrected chi connectivity index (χ0v) is 23.3. The molecule has 0 bridgehead atoms. The SMILES string of the molecule is C[C@H](CN/C(=N\S(=O)(=O)c1ccc(Cl)cc1)N1C[C@H](c2ccccc2)C(c2ccc(Cl)cc2)=N1)S(N)(=O)=O. The molecule has 0 radical (unpaired) electrons. The van der Waals surface area contributed by atoms with E-state index in [4.69, 9.17) is 33.4 Å². The standard InChI is InChI=1S/C25H25Cl2N5O4S2/c1-17(37(28,33)34)15-29-25(31-38(35,36)22-13-11-21(27)12-14-22)32-16-23(18-5-3-2-4-6-18)24(30-32)19-7-9-20(26)10-8-19/h2-14,17,23H,15-16H2,1H3,(H,29,31)(H2,28,33,34)/t17-,23-/m1/s1. The summed E-state index contributed by atoms with van der Waals surface area (Å²) in [6, 6.07) is 22.3. The maximum Gasteiger partial charge on any atom is 0.285 e. The highest BCUT2D eigenvalue weighted by atomic mass is 35.5. The number of nitrogens with two attached hydrogens (primary N) is 1. The molecule has 0 fully saturated rings. The molecule has 0 amide bonds. The Kier molecular flexibility index (Phi) is 8.43. The molecular formula is C25H25Cl2N5O4S2. The summed E-state index contributed by atoms with van der Waals surface area (Å²) in [7, 11) is -8.09. The molecule has 0 unspecified atom stereocenters. The number of nitrogens with zero attached hydrogens (tertiary/aromatic N) is 3. The van der Waals surface area contributed by atoms with Crippen LogP contribution in [0.1, 0.15) is 24.0 Å². The van der Waals surface area contributed by atoms with Crippen LogP contribution in [0.5, 0.6) is 0 Å². The van der Waals surface area contributed by atoms with Crippen LogP contribution in [0.15, 0.2) is 93.3 Å². The van der Waals surface area contributed by atoms with Gasteiger partial charge in [-0.1, -0.05) is 65.7 Å². The summed E-state index contributed by atoms with van der Waals surface area (Å²) in [5.41, 5.74) is 2.43. The van der Waals surface area contributed by atoms with Crippen LogP contribution in [0.25, 0.3) is 0 Å². The van der Waals surface area contributed by atoms with E-state index >= 15 is 0 Å². The van der Waals surface area contributed by atoms with Gasteiger partial charge in [-0.3, -0.25) is 0 Å². The highest BCUT2D eigenvalue weighted by molar-refractivity contribution is 7.90. The van der Waals surface area contributed by atoms with Crippen LogP contribution in [0.2, 0.25) is 10.0 Å². The molecule has 0 spiro atoms. The van der Waals surface area contributed by atoms with Crippen LogP contribution in [-0.4, -0.2) is 51.9 Å². The van der Waals surface area contributed by atoms with Gasteiger partial charge in [-0.2, -0.15) is 13.5 Å². The molecule has 0 aromatic heterocycles. The molecule has 2 atom stereocenters. The molecule has 0 aliphatic carbocycles. The second-order valence-corrected chi connectivity index (χ2v) is 13.1. The first kappa shape index (κ1) is 28.1. The number of benzene rings is 3. The summed E-state index contributed by atoms with van der Waals surface area (Å²) in [5, 5.41) is 14.2. The van der Waals surface area contributed by atoms with Crippen molar-refractivity contribution >= 4 is 54.9 Å². The third-order valence-electron chi connectivity index (χ3n) is 5.93. The smallest absolute Gasteiger partial charge is 0.285 e. The minimum absolute atomic E-state index is 0.0820. The molecule has 3 aromatic rings. The average molecular weight is 595 g/mol. The topological polar surface area (TPSA) is 134 Å². The number of nitrogens with one attached hydrogen (secondary N) is 1. The minimum Gasteiger partial charge on any atom is -0.353 e. The Hall–Kier alpha value is -2.96. The van der Waals surface area contributed by atoms with Gasteiger partial charge < -0.3 is 5.32 Å². The van der Waals surface area contributed by atoms with Gasteiger partial charge >= 0.3 is 0 Å². The van der Waals surface area contributed by atoms with Crippen molar-refractivity contribution in [2.45, 2.75) is 23.0 Å². The van der Waals surface area contributed by atoms with E-state index in [-0.39, 0.29) is 29.9 Å². The molecule has 1 aliphatic heterocycles. The van der Waals surface area contributed by atoms with E-state index in [1.54, 1.807) is 12.1 Å². The van der Waals surface area contributed by atoms with E-state index in [1.807, 2.05) is 42.5 Å². The Morgan fingerprint density at radius 3 is 2.16 bits per heavy atom. The predicted molar refractivity (Wildman–Crippen MR) is 151 cm³/mol. The lowest BCUT2D eigenvalue weighted by Crippen LogP contribution is -2.44. The van der Waals surface area contributed by atoms with E-state index < -0.39 is 25.3 Å². The largest absolute Gasteiger partial charge is 0.353 e. The maximum absolute atomic E-state index is 13.2. The molecule has 0 saturated heterocycles. The van der Waals surface area contributed by atoms with Gasteiger partial charge in [0, 0.05) is 22.5 Å². The van der Waals surface area contributed by atoms with E-state index in [0.717, 1.165) is 11.1 Å². The molecule has 0 saturated carbocycles. The Bertz CT molecular complexity index is 1560. The summed E-state index contributed by atoms with van der Waals surface area (Å²) in [6.07, 6.45) is 0. The molecule has 1 aliphatic rings. The molecule has 9 nitrogen and oxygen atoms in total. The Morgan fingerprint density at radius 1 is 1.00 bits per heavy atom. The highest BCUT2D eigenvalue weighted by Gasteiger charge is 2.33. The van der Waals surface area contributed by atoms with Gasteiger partial charge in [-0.05, 0) is 54.4 Å². The van der Waals surface area contributed by atoms with E-state index in [9.17, 15) is 16.8 Å². The van der Waals surface area contributed by atoms with Crippen LogP contribution < -0.4 is 10.5 Å². The van der Waals surface area contributed by atoms with Gasteiger partial charge in [-0.15, -0.1) is 4.40 Å². The molecule has 3 N–H and O–H groups in total. The van der Waals surface area contributed by atoms with Crippen molar-refractivity contribution < 1.29 is 16.8 Å². The summed E-state index contributed by atoms with van der Waals surface area (Å²) in [6.45, 7) is 1.46. The molecule has 4 rings (SSSR count). The lowest BCUT2D eigenvalue weighted by atomic mass is 9.91. The predicted octanol–water partition coefficient (Wildman–Crippen LogP) is 3.81. The monoisotopic (exact) mass is 593 g/mol. The highest BCUT2D eigenvalue weighted by Crippen LogP contribution is 2.30. The quantitative estimate of drug-likeness (QED) is 0.316. The second-order valence-electron chi connectivity index (χ2n) is 8.66. The summed E-state index contributed by atoms with van der Waals surface area (Å²) < 4.78 is 54.0. The Labute approximate surface area is 232 Å². The van der Waals surface area contributed by atoms with Crippen molar-refractivity contribution in [3.8, 4) is 0 Å². The molecule has 1 heterocycles. The lowest BCUT2D eigenvalue weighted by molar-refractivity contribution is 0.454. The molecule has 13 heteroatoms. The van der Waals surface area contributed by atoms with Crippen LogP contribution in [0.4, 0.5) is 0 Å². The summed E-state index contributed by atoms with van der Waals surface area (Å²) in [5.74, 6) is -0.376. The van der Waals surface area contributed by atoms with E-state index in [0.29, 0.717) is 15.8 Å². The molecule has 200 valence electrons. The van der Waals surface area contributed by atoms with Crippen LogP contribution in [-0.2, 0) is 20.0 Å². The molecule has 3 aromatic carbocycles. The van der Waals surface area contributed by atoms with Crippen molar-refractivity contribution in [1.82, 2.24) is 10.3 Å². The van der Waals surface area contributed by atoms with Gasteiger partial charge in [0.15, 0.2) is 0 Å². The van der Waals surface area contributed by atoms with Crippen molar-refractivity contribution in [2.24, 2.45) is 14.6 Å². The van der Waals surface area contributed by atoms with Crippen molar-refractivity contribution in [1.29, 1.82) is 0 Å². The number of halogens is 2. The summed E-state index contributed by atoms with van der Waals surface area (Å²) >= 11 is 12.0. The van der Waals surface area contributed by atoms with Crippen LogP contribution in [0, 0.1) is 0 Å². The van der Waals surface area contributed by atoms with Gasteiger partial charge in [0.1, 0.15) is 0 Å². The zero-order valence-electron chi connectivity index (χ0n) is 20.2. The fourth-order valence-electron chi connectivity index (χ4n) is 3.76. The van der Waals surface area contributed by atoms with Crippen LogP contribution in [0.3, 0.4) is 0 Å². The van der Waals surface area contributed by atoms with Crippen molar-refractivity contribution in [3.63, 3.8) is 0 Å². The van der Waals surface area contributed by atoms with Crippen LogP contribution >= 0.6 is 23.2 Å². The Morgan fingerprint density at radius 2 is 1.58 bits per heavy atom. The van der Waals surface area contributed by atoms with Gasteiger partial charge in [0.25, 0.3) is 10.0 Å². The lowest BCUT2D eigenvalue weighted by Gasteiger charge is -2.21. The molecule has 38 heavy (non-hydrogen) atoms. The number of hydrazone groups is 1. The van der Waals surface area contributed by atoms with E-state index in [2.05, 4.69) is 9.71 Å². The fourth-order valence-corrected chi connectivity index (χ4v) is 5.30. The van der Waals surface area contributed by atoms with Crippen molar-refractivity contribution in [2.75, 3.05) is 13.1 Å². The Balaban J connectivity index is 1.78. The first-order valence-electron chi connectivity index (χ1n) is 11.5. The normalized spacial score (nSPS) is 17.3. The number of sulfonamides is 2. The summed E-state index contributed by atoms with van der Waals surface area (Å²) in [4.78, 5) is -0.0820. The molecular weight excluding hydrogens is 569 g/mol. The first-order valence-corrected chi connectivity index (χ1v) is 15.3. The van der Waals surface area contributed by atoms with Gasteiger partial charge in [0.05, 0.1) is 22.4 Å². The van der Waals surface area contributed by atoms with E-state index in [1.165, 1.54) is 36.2 Å². The third-order valence-corrected chi connectivity index (χ3v) is 9.00. The van der Waals surface area contributed by atoms with Gasteiger partial charge in [0.2, 0.25) is 16.0 Å². The number of guanidine groups is 1. The third kappa shape index (κ3) is 6.72. The van der Waals surface area contributed by atoms with Gasteiger partial charge in [-0.25, -0.2) is 18.6 Å². The van der Waals surface area contributed by atoms with Crippen molar-refractivity contribution in [3.05, 3.63) is 100 Å². The average Bonchev–Trinajstić information content (AvgIpc) is 3.32. The first-order chi connectivity index (χ1) is 17.9. The zero-order chi connectivity index (χ0) is 27.5. The number of primary sulfonamides is 1. The number of hydrogen-bond acceptors (Lipinski definition) is 5. The second kappa shape index (κ2) is 11.4. The number of hydrogen-bond donors (Lipinski definition) is 2. The minimum atomic E-state index is -4.21. The number of rotatable bonds is 7. The fraction of sp³-hybridized carbons (Fsp3) is 0.200. The maximum atomic E-state index is 13.2.